The van der Waals surface area contributed by atoms with Crippen molar-refractivity contribution in [3.05, 3.63) is 64.9 Å². The van der Waals surface area contributed by atoms with Gasteiger partial charge in [-0.15, -0.1) is 0 Å². The number of furan rings is 1. The molecule has 0 saturated heterocycles. The molecule has 1 aromatic carbocycles. The zero-order valence-electron chi connectivity index (χ0n) is 18.2. The Morgan fingerprint density at radius 2 is 1.91 bits per heavy atom. The summed E-state index contributed by atoms with van der Waals surface area (Å²) in [6.07, 6.45) is 1.48. The first-order valence-corrected chi connectivity index (χ1v) is 10.7. The number of nitrogens with zero attached hydrogens (tertiary/aromatic N) is 3. The zero-order chi connectivity index (χ0) is 23.8. The number of carbonyl (C=O) groups is 2. The normalized spacial score (nSPS) is 10.9. The molecule has 0 fully saturated rings. The molecule has 0 aliphatic rings. The van der Waals surface area contributed by atoms with Gasteiger partial charge in [-0.1, -0.05) is 11.8 Å². The SMILES string of the molecule is COc1cc(C=NNC(=O)CSc2nc(C)cc(C)n2)ccc1OCc1ccc(C(=O)O)o1. The van der Waals surface area contributed by atoms with Crippen molar-refractivity contribution in [3.8, 4) is 11.5 Å². The van der Waals surface area contributed by atoms with E-state index >= 15 is 0 Å². The lowest BCUT2D eigenvalue weighted by atomic mass is 10.2. The highest BCUT2D eigenvalue weighted by Crippen LogP contribution is 2.28. The van der Waals surface area contributed by atoms with Crippen molar-refractivity contribution in [2.24, 2.45) is 5.10 Å². The Morgan fingerprint density at radius 3 is 2.58 bits per heavy atom. The van der Waals surface area contributed by atoms with Crippen LogP contribution in [-0.4, -0.2) is 46.0 Å². The van der Waals surface area contributed by atoms with Crippen molar-refractivity contribution < 1.29 is 28.6 Å². The molecule has 3 aromatic rings. The van der Waals surface area contributed by atoms with Crippen LogP contribution in [0.4, 0.5) is 0 Å². The van der Waals surface area contributed by atoms with E-state index in [0.29, 0.717) is 28.0 Å². The third kappa shape index (κ3) is 7.07. The summed E-state index contributed by atoms with van der Waals surface area (Å²) in [4.78, 5) is 31.5. The summed E-state index contributed by atoms with van der Waals surface area (Å²) in [5.74, 6) is -0.209. The Bertz CT molecular complexity index is 1160. The molecule has 10 nitrogen and oxygen atoms in total. The predicted molar refractivity (Wildman–Crippen MR) is 121 cm³/mol. The quantitative estimate of drug-likeness (QED) is 0.198. The van der Waals surface area contributed by atoms with E-state index in [2.05, 4.69) is 20.5 Å². The summed E-state index contributed by atoms with van der Waals surface area (Å²) >= 11 is 1.23. The largest absolute Gasteiger partial charge is 0.493 e. The number of hydrogen-bond acceptors (Lipinski definition) is 9. The molecule has 172 valence electrons. The molecule has 0 saturated carbocycles. The smallest absolute Gasteiger partial charge is 0.371 e. The van der Waals surface area contributed by atoms with Gasteiger partial charge in [-0.25, -0.2) is 20.2 Å². The lowest BCUT2D eigenvalue weighted by molar-refractivity contribution is -0.118. The number of ether oxygens (including phenoxy) is 2. The molecule has 0 aliphatic carbocycles. The summed E-state index contributed by atoms with van der Waals surface area (Å²) in [7, 11) is 1.49. The molecule has 1 amide bonds. The Hall–Kier alpha value is -3.86. The van der Waals surface area contributed by atoms with Gasteiger partial charge >= 0.3 is 5.97 Å². The van der Waals surface area contributed by atoms with E-state index in [4.69, 9.17) is 19.0 Å². The van der Waals surface area contributed by atoms with Crippen LogP contribution in [0.2, 0.25) is 0 Å². The third-order valence-corrected chi connectivity index (χ3v) is 4.97. The maximum absolute atomic E-state index is 12.0. The fraction of sp³-hybridized carbons (Fsp3) is 0.227. The summed E-state index contributed by atoms with van der Waals surface area (Å²) < 4.78 is 16.2. The van der Waals surface area contributed by atoms with Crippen LogP contribution in [0.3, 0.4) is 0 Å². The highest BCUT2D eigenvalue weighted by atomic mass is 32.2. The van der Waals surface area contributed by atoms with Gasteiger partial charge in [0.1, 0.15) is 12.4 Å². The minimum Gasteiger partial charge on any atom is -0.493 e. The highest BCUT2D eigenvalue weighted by molar-refractivity contribution is 7.99. The van der Waals surface area contributed by atoms with Crippen LogP contribution in [0.1, 0.15) is 33.3 Å². The Labute approximate surface area is 194 Å². The van der Waals surface area contributed by atoms with Crippen molar-refractivity contribution in [1.29, 1.82) is 0 Å². The molecule has 33 heavy (non-hydrogen) atoms. The Morgan fingerprint density at radius 1 is 1.15 bits per heavy atom. The van der Waals surface area contributed by atoms with Gasteiger partial charge in [0.25, 0.3) is 5.91 Å². The van der Waals surface area contributed by atoms with E-state index < -0.39 is 5.97 Å². The molecular weight excluding hydrogens is 448 g/mol. The van der Waals surface area contributed by atoms with E-state index in [-0.39, 0.29) is 24.0 Å². The monoisotopic (exact) mass is 470 g/mol. The number of hydrazone groups is 1. The van der Waals surface area contributed by atoms with Gasteiger partial charge in [-0.3, -0.25) is 4.79 Å². The Kier molecular flexibility index (Phi) is 8.03. The van der Waals surface area contributed by atoms with Crippen LogP contribution in [0.5, 0.6) is 11.5 Å². The number of benzene rings is 1. The number of rotatable bonds is 10. The van der Waals surface area contributed by atoms with Gasteiger partial charge in [0.2, 0.25) is 5.76 Å². The molecule has 2 heterocycles. The molecule has 0 atom stereocenters. The number of aryl methyl sites for hydroxylation is 2. The number of carbonyl (C=O) groups excluding carboxylic acids is 1. The summed E-state index contributed by atoms with van der Waals surface area (Å²) in [6.45, 7) is 3.79. The minimum atomic E-state index is -1.15. The lowest BCUT2D eigenvalue weighted by Gasteiger charge is -2.10. The van der Waals surface area contributed by atoms with Crippen LogP contribution in [0, 0.1) is 13.8 Å². The second kappa shape index (κ2) is 11.1. The summed E-state index contributed by atoms with van der Waals surface area (Å²) in [6, 6.07) is 9.86. The first kappa shape index (κ1) is 23.8. The standard InChI is InChI=1S/C22H22N4O6S/c1-13-8-14(2)25-22(24-13)33-12-20(27)26-23-10-15-4-6-17(19(9-15)30-3)31-11-16-5-7-18(32-16)21(28)29/h4-10H,11-12H2,1-3H3,(H,26,27)(H,28,29). The van der Waals surface area contributed by atoms with Crippen LogP contribution in [0.25, 0.3) is 0 Å². The van der Waals surface area contributed by atoms with Gasteiger partial charge in [-0.2, -0.15) is 5.10 Å². The number of amides is 1. The highest BCUT2D eigenvalue weighted by Gasteiger charge is 2.11. The average Bonchev–Trinajstić information content (AvgIpc) is 3.25. The van der Waals surface area contributed by atoms with Crippen LogP contribution >= 0.6 is 11.8 Å². The number of carboxylic acids is 1. The van der Waals surface area contributed by atoms with Crippen molar-refractivity contribution in [1.82, 2.24) is 15.4 Å². The van der Waals surface area contributed by atoms with Crippen LogP contribution in [0.15, 0.2) is 51.1 Å². The molecule has 0 spiro atoms. The molecule has 0 unspecified atom stereocenters. The van der Waals surface area contributed by atoms with Crippen LogP contribution in [-0.2, 0) is 11.4 Å². The van der Waals surface area contributed by atoms with Gasteiger partial charge in [0, 0.05) is 11.4 Å². The average molecular weight is 471 g/mol. The fourth-order valence-electron chi connectivity index (χ4n) is 2.70. The predicted octanol–water partition coefficient (Wildman–Crippen LogP) is 3.21. The molecule has 0 aliphatic heterocycles. The number of carboxylic acid groups (broad SMARTS) is 1. The molecule has 0 radical (unpaired) electrons. The van der Waals surface area contributed by atoms with Gasteiger partial charge in [0.05, 0.1) is 19.1 Å². The van der Waals surface area contributed by atoms with E-state index in [0.717, 1.165) is 11.4 Å². The number of nitrogens with one attached hydrogen (secondary N) is 1. The first-order valence-electron chi connectivity index (χ1n) is 9.74. The molecule has 2 N–H and O–H groups in total. The second-order valence-electron chi connectivity index (χ2n) is 6.79. The summed E-state index contributed by atoms with van der Waals surface area (Å²) in [5, 5.41) is 13.4. The molecule has 3 rings (SSSR count). The maximum atomic E-state index is 12.0. The number of methoxy groups -OCH3 is 1. The van der Waals surface area contributed by atoms with Crippen LogP contribution < -0.4 is 14.9 Å². The van der Waals surface area contributed by atoms with E-state index in [1.807, 2.05) is 19.9 Å². The van der Waals surface area contributed by atoms with Gasteiger partial charge in [-0.05, 0) is 55.8 Å². The van der Waals surface area contributed by atoms with Gasteiger partial charge in [0.15, 0.2) is 16.7 Å². The molecule has 2 aromatic heterocycles. The lowest BCUT2D eigenvalue weighted by Crippen LogP contribution is -2.19. The van der Waals surface area contributed by atoms with Gasteiger partial charge < -0.3 is 19.0 Å². The minimum absolute atomic E-state index is 0.0367. The molecule has 11 heteroatoms. The third-order valence-electron chi connectivity index (χ3n) is 4.13. The van der Waals surface area contributed by atoms with E-state index in [1.165, 1.54) is 37.2 Å². The van der Waals surface area contributed by atoms with Crippen molar-refractivity contribution >= 4 is 29.9 Å². The summed E-state index contributed by atoms with van der Waals surface area (Å²) in [5.41, 5.74) is 4.83. The number of aromatic nitrogens is 2. The number of hydrogen-bond donors (Lipinski definition) is 2. The van der Waals surface area contributed by atoms with Crippen molar-refractivity contribution in [3.63, 3.8) is 0 Å². The molecule has 0 bridgehead atoms. The second-order valence-corrected chi connectivity index (χ2v) is 7.73. The van der Waals surface area contributed by atoms with E-state index in [9.17, 15) is 9.59 Å². The topological polar surface area (TPSA) is 136 Å². The first-order chi connectivity index (χ1) is 15.8. The maximum Gasteiger partial charge on any atom is 0.371 e. The zero-order valence-corrected chi connectivity index (χ0v) is 19.0. The number of thioether (sulfide) groups is 1. The Balaban J connectivity index is 1.52. The van der Waals surface area contributed by atoms with Crippen molar-refractivity contribution in [2.45, 2.75) is 25.6 Å². The van der Waals surface area contributed by atoms with E-state index in [1.54, 1.807) is 18.2 Å². The molecular formula is C22H22N4O6S. The number of aromatic carboxylic acids is 1. The van der Waals surface area contributed by atoms with Crippen molar-refractivity contribution in [2.75, 3.05) is 12.9 Å². The fourth-order valence-corrected chi connectivity index (χ4v) is 3.44.